The summed E-state index contributed by atoms with van der Waals surface area (Å²) in [6.07, 6.45) is 0. The van der Waals surface area contributed by atoms with Crippen LogP contribution in [0.25, 0.3) is 0 Å². The van der Waals surface area contributed by atoms with Gasteiger partial charge in [-0.1, -0.05) is 0 Å². The Hall–Kier alpha value is -0.870. The summed E-state index contributed by atoms with van der Waals surface area (Å²) in [5, 5.41) is 0. The van der Waals surface area contributed by atoms with Crippen molar-refractivity contribution in [3.8, 4) is 0 Å². The predicted molar refractivity (Wildman–Crippen MR) is 54.2 cm³/mol. The lowest BCUT2D eigenvalue weighted by Crippen LogP contribution is -1.98. The van der Waals surface area contributed by atoms with Gasteiger partial charge in [-0.25, -0.2) is 8.42 Å². The van der Waals surface area contributed by atoms with Crippen LogP contribution in [0.5, 0.6) is 0 Å². The van der Waals surface area contributed by atoms with Crippen LogP contribution >= 0.6 is 10.7 Å². The fourth-order valence-electron chi connectivity index (χ4n) is 1.18. The van der Waals surface area contributed by atoms with Crippen LogP contribution in [0.15, 0.2) is 23.1 Å². The SMILES string of the molecule is CC(=O)c1ccc(S(=O)(=O)Cl)cc1C. The molecule has 76 valence electrons. The minimum Gasteiger partial charge on any atom is -0.295 e. The molecule has 0 heterocycles. The first kappa shape index (κ1) is 11.2. The van der Waals surface area contributed by atoms with E-state index in [1.807, 2.05) is 0 Å². The van der Waals surface area contributed by atoms with E-state index in [2.05, 4.69) is 0 Å². The van der Waals surface area contributed by atoms with Crippen molar-refractivity contribution in [2.45, 2.75) is 18.7 Å². The van der Waals surface area contributed by atoms with E-state index in [-0.39, 0.29) is 10.7 Å². The van der Waals surface area contributed by atoms with E-state index in [4.69, 9.17) is 10.7 Å². The van der Waals surface area contributed by atoms with E-state index in [1.54, 1.807) is 6.92 Å². The average molecular weight is 233 g/mol. The quantitative estimate of drug-likeness (QED) is 0.580. The molecule has 1 aromatic rings. The number of halogens is 1. The van der Waals surface area contributed by atoms with Crippen molar-refractivity contribution in [3.05, 3.63) is 29.3 Å². The Balaban J connectivity index is 3.34. The van der Waals surface area contributed by atoms with Gasteiger partial charge in [0, 0.05) is 16.2 Å². The minimum atomic E-state index is -3.71. The zero-order chi connectivity index (χ0) is 10.9. The third-order valence-corrected chi connectivity index (χ3v) is 3.21. The Morgan fingerprint density at radius 2 is 1.93 bits per heavy atom. The molecule has 0 bridgehead atoms. The summed E-state index contributed by atoms with van der Waals surface area (Å²) in [4.78, 5) is 11.1. The van der Waals surface area contributed by atoms with Crippen molar-refractivity contribution in [2.75, 3.05) is 0 Å². The Labute approximate surface area is 87.1 Å². The van der Waals surface area contributed by atoms with Crippen LogP contribution in [-0.4, -0.2) is 14.2 Å². The lowest BCUT2D eigenvalue weighted by Gasteiger charge is -2.03. The van der Waals surface area contributed by atoms with Gasteiger partial charge in [-0.05, 0) is 37.6 Å². The molecule has 1 aromatic carbocycles. The molecule has 0 radical (unpaired) electrons. The number of Topliss-reactive ketones (excluding diaryl/α,β-unsaturated/α-hetero) is 1. The highest BCUT2D eigenvalue weighted by Gasteiger charge is 2.12. The van der Waals surface area contributed by atoms with E-state index in [0.717, 1.165) is 0 Å². The van der Waals surface area contributed by atoms with Crippen LogP contribution < -0.4 is 0 Å². The fourth-order valence-corrected chi connectivity index (χ4v) is 2.02. The maximum absolute atomic E-state index is 11.0. The summed E-state index contributed by atoms with van der Waals surface area (Å²) >= 11 is 0. The largest absolute Gasteiger partial charge is 0.295 e. The molecule has 0 unspecified atom stereocenters. The number of carbonyl (C=O) groups excluding carboxylic acids is 1. The molecular formula is C9H9ClO3S. The first-order valence-electron chi connectivity index (χ1n) is 3.88. The Morgan fingerprint density at radius 1 is 1.36 bits per heavy atom. The van der Waals surface area contributed by atoms with Gasteiger partial charge in [0.2, 0.25) is 0 Å². The molecular weight excluding hydrogens is 224 g/mol. The van der Waals surface area contributed by atoms with Crippen LogP contribution in [0.1, 0.15) is 22.8 Å². The monoisotopic (exact) mass is 232 g/mol. The average Bonchev–Trinajstić information content (AvgIpc) is 2.01. The summed E-state index contributed by atoms with van der Waals surface area (Å²) < 4.78 is 21.9. The maximum atomic E-state index is 11.0. The van der Waals surface area contributed by atoms with E-state index in [1.165, 1.54) is 25.1 Å². The van der Waals surface area contributed by atoms with Crippen LogP contribution in [0.4, 0.5) is 0 Å². The number of ketones is 1. The fraction of sp³-hybridized carbons (Fsp3) is 0.222. The maximum Gasteiger partial charge on any atom is 0.261 e. The standard InChI is InChI=1S/C9H9ClO3S/c1-6-5-8(14(10,12)13)3-4-9(6)7(2)11/h3-5H,1-2H3. The van der Waals surface area contributed by atoms with Crippen molar-refractivity contribution in [1.29, 1.82) is 0 Å². The molecule has 14 heavy (non-hydrogen) atoms. The predicted octanol–water partition coefficient (Wildman–Crippen LogP) is 2.13. The second-order valence-corrected chi connectivity index (χ2v) is 5.54. The zero-order valence-electron chi connectivity index (χ0n) is 7.74. The molecule has 0 aliphatic heterocycles. The van der Waals surface area contributed by atoms with Gasteiger partial charge >= 0.3 is 0 Å². The minimum absolute atomic E-state index is 0.0154. The molecule has 0 amide bonds. The number of hydrogen-bond acceptors (Lipinski definition) is 3. The van der Waals surface area contributed by atoms with Gasteiger partial charge in [-0.3, -0.25) is 4.79 Å². The van der Waals surface area contributed by atoms with Gasteiger partial charge in [0.25, 0.3) is 9.05 Å². The first-order valence-corrected chi connectivity index (χ1v) is 6.19. The van der Waals surface area contributed by atoms with Crippen molar-refractivity contribution in [3.63, 3.8) is 0 Å². The number of carbonyl (C=O) groups is 1. The number of aryl methyl sites for hydroxylation is 1. The van der Waals surface area contributed by atoms with Crippen molar-refractivity contribution >= 4 is 25.5 Å². The summed E-state index contributed by atoms with van der Waals surface area (Å²) in [6.45, 7) is 3.10. The van der Waals surface area contributed by atoms with Gasteiger partial charge in [0.1, 0.15) is 0 Å². The molecule has 3 nitrogen and oxygen atoms in total. The second-order valence-electron chi connectivity index (χ2n) is 2.97. The van der Waals surface area contributed by atoms with Crippen LogP contribution in [0.2, 0.25) is 0 Å². The van der Waals surface area contributed by atoms with E-state index in [9.17, 15) is 13.2 Å². The molecule has 5 heteroatoms. The van der Waals surface area contributed by atoms with Crippen LogP contribution in [0.3, 0.4) is 0 Å². The molecule has 0 spiro atoms. The first-order chi connectivity index (χ1) is 6.32. The molecule has 0 atom stereocenters. The number of rotatable bonds is 2. The summed E-state index contributed by atoms with van der Waals surface area (Å²) in [7, 11) is 1.44. The molecule has 0 aliphatic rings. The Kier molecular flexibility index (Phi) is 2.97. The summed E-state index contributed by atoms with van der Waals surface area (Å²) in [5.41, 5.74) is 1.12. The third-order valence-electron chi connectivity index (χ3n) is 1.86. The second kappa shape index (κ2) is 3.71. The van der Waals surface area contributed by atoms with Crippen molar-refractivity contribution < 1.29 is 13.2 Å². The molecule has 1 rings (SSSR count). The van der Waals surface area contributed by atoms with Gasteiger partial charge in [0.15, 0.2) is 5.78 Å². The molecule has 0 aromatic heterocycles. The van der Waals surface area contributed by atoms with Crippen LogP contribution in [-0.2, 0) is 9.05 Å². The van der Waals surface area contributed by atoms with Gasteiger partial charge < -0.3 is 0 Å². The number of hydrogen-bond donors (Lipinski definition) is 0. The highest BCUT2D eigenvalue weighted by atomic mass is 35.7. The Bertz CT molecular complexity index is 477. The molecule has 0 saturated carbocycles. The van der Waals surface area contributed by atoms with Gasteiger partial charge in [0.05, 0.1) is 4.90 Å². The molecule has 0 saturated heterocycles. The molecule has 0 fully saturated rings. The zero-order valence-corrected chi connectivity index (χ0v) is 9.32. The smallest absolute Gasteiger partial charge is 0.261 e. The highest BCUT2D eigenvalue weighted by Crippen LogP contribution is 2.19. The van der Waals surface area contributed by atoms with Crippen molar-refractivity contribution in [2.24, 2.45) is 0 Å². The van der Waals surface area contributed by atoms with E-state index >= 15 is 0 Å². The lowest BCUT2D eigenvalue weighted by atomic mass is 10.1. The number of benzene rings is 1. The topological polar surface area (TPSA) is 51.2 Å². The summed E-state index contributed by atoms with van der Waals surface area (Å²) in [5.74, 6) is -0.0963. The van der Waals surface area contributed by atoms with Gasteiger partial charge in [-0.15, -0.1) is 0 Å². The van der Waals surface area contributed by atoms with Gasteiger partial charge in [-0.2, -0.15) is 0 Å². The van der Waals surface area contributed by atoms with Crippen molar-refractivity contribution in [1.82, 2.24) is 0 Å². The molecule has 0 aliphatic carbocycles. The van der Waals surface area contributed by atoms with Crippen LogP contribution in [0, 0.1) is 6.92 Å². The van der Waals surface area contributed by atoms with E-state index in [0.29, 0.717) is 11.1 Å². The lowest BCUT2D eigenvalue weighted by molar-refractivity contribution is 0.101. The Morgan fingerprint density at radius 3 is 2.29 bits per heavy atom. The third kappa shape index (κ3) is 2.33. The highest BCUT2D eigenvalue weighted by molar-refractivity contribution is 8.13. The van der Waals surface area contributed by atoms with E-state index < -0.39 is 9.05 Å². The molecule has 0 N–H and O–H groups in total. The normalized spacial score (nSPS) is 11.4. The summed E-state index contributed by atoms with van der Waals surface area (Å²) in [6, 6.07) is 4.18.